The minimum Gasteiger partial charge on any atom is -0.424 e. The molecule has 0 aliphatic heterocycles. The molecule has 0 saturated carbocycles. The van der Waals surface area contributed by atoms with Gasteiger partial charge in [0.2, 0.25) is 0 Å². The Hall–Kier alpha value is -2.10. The summed E-state index contributed by atoms with van der Waals surface area (Å²) in [6.07, 6.45) is 0. The molecule has 2 aromatic rings. The molecule has 100 valence electrons. The van der Waals surface area contributed by atoms with E-state index in [0.717, 1.165) is 22.6 Å². The second-order valence-corrected chi connectivity index (χ2v) is 4.99. The van der Waals surface area contributed by atoms with Gasteiger partial charge in [-0.15, -0.1) is 0 Å². The summed E-state index contributed by atoms with van der Waals surface area (Å²) in [5, 5.41) is 0. The monoisotopic (exact) mass is 257 g/mol. The highest BCUT2D eigenvalue weighted by Crippen LogP contribution is 2.24. The second-order valence-electron chi connectivity index (χ2n) is 4.99. The quantitative estimate of drug-likeness (QED) is 0.853. The van der Waals surface area contributed by atoms with Crippen LogP contribution in [0.4, 0.5) is 5.69 Å². The van der Waals surface area contributed by atoms with E-state index in [0.29, 0.717) is 17.7 Å². The predicted octanol–water partition coefficient (Wildman–Crippen LogP) is 3.59. The van der Waals surface area contributed by atoms with Crippen LogP contribution < -0.4 is 10.5 Å². The van der Waals surface area contributed by atoms with Crippen LogP contribution in [0.15, 0.2) is 24.3 Å². The van der Waals surface area contributed by atoms with Crippen LogP contribution in [0, 0.1) is 13.8 Å². The zero-order chi connectivity index (χ0) is 14.0. The maximum absolute atomic E-state index is 5.78. The Balaban J connectivity index is 2.29. The summed E-state index contributed by atoms with van der Waals surface area (Å²) in [6, 6.07) is 7.89. The first-order valence-corrected chi connectivity index (χ1v) is 6.35. The summed E-state index contributed by atoms with van der Waals surface area (Å²) in [4.78, 5) is 8.71. The fourth-order valence-corrected chi connectivity index (χ4v) is 1.72. The summed E-state index contributed by atoms with van der Waals surface area (Å²) in [5.41, 5.74) is 9.40. The summed E-state index contributed by atoms with van der Waals surface area (Å²) in [7, 11) is 0. The van der Waals surface area contributed by atoms with Crippen LogP contribution in [0.1, 0.15) is 36.7 Å². The first kappa shape index (κ1) is 13.3. The summed E-state index contributed by atoms with van der Waals surface area (Å²) >= 11 is 0. The number of nitrogen functional groups attached to an aromatic ring is 1. The first-order chi connectivity index (χ1) is 8.95. The van der Waals surface area contributed by atoms with Crippen LogP contribution in [0.5, 0.6) is 11.8 Å². The minimum atomic E-state index is 0.345. The topological polar surface area (TPSA) is 61.0 Å². The molecule has 0 atom stereocenters. The molecule has 0 bridgehead atoms. The van der Waals surface area contributed by atoms with E-state index in [4.69, 9.17) is 10.5 Å². The third-order valence-corrected chi connectivity index (χ3v) is 2.90. The van der Waals surface area contributed by atoms with Crippen molar-refractivity contribution in [1.29, 1.82) is 0 Å². The van der Waals surface area contributed by atoms with Crippen molar-refractivity contribution in [3.05, 3.63) is 41.2 Å². The Kier molecular flexibility index (Phi) is 3.69. The summed E-state index contributed by atoms with van der Waals surface area (Å²) in [5.74, 6) is 1.05. The number of nitrogens with zero attached hydrogens (tertiary/aromatic N) is 2. The Morgan fingerprint density at radius 1 is 1.11 bits per heavy atom. The van der Waals surface area contributed by atoms with Gasteiger partial charge in [0, 0.05) is 11.4 Å². The number of aromatic nitrogens is 2. The highest BCUT2D eigenvalue weighted by Gasteiger charge is 2.08. The van der Waals surface area contributed by atoms with Gasteiger partial charge in [0.05, 0.1) is 5.69 Å². The second kappa shape index (κ2) is 5.26. The van der Waals surface area contributed by atoms with Gasteiger partial charge in [-0.05, 0) is 49.6 Å². The molecule has 4 heteroatoms. The van der Waals surface area contributed by atoms with E-state index in [1.807, 2.05) is 38.1 Å². The van der Waals surface area contributed by atoms with Crippen molar-refractivity contribution in [3.63, 3.8) is 0 Å². The lowest BCUT2D eigenvalue weighted by molar-refractivity contribution is 0.436. The average Bonchev–Trinajstić information content (AvgIpc) is 2.33. The van der Waals surface area contributed by atoms with E-state index in [1.165, 1.54) is 0 Å². The predicted molar refractivity (Wildman–Crippen MR) is 76.5 cm³/mol. The van der Waals surface area contributed by atoms with Crippen LogP contribution in [-0.4, -0.2) is 9.97 Å². The van der Waals surface area contributed by atoms with E-state index in [-0.39, 0.29) is 0 Å². The van der Waals surface area contributed by atoms with Crippen LogP contribution in [0.2, 0.25) is 0 Å². The number of nitrogens with two attached hydrogens (primary N) is 1. The van der Waals surface area contributed by atoms with Crippen LogP contribution >= 0.6 is 0 Å². The lowest BCUT2D eigenvalue weighted by Crippen LogP contribution is -2.00. The maximum Gasteiger partial charge on any atom is 0.322 e. The van der Waals surface area contributed by atoms with Gasteiger partial charge in [-0.2, -0.15) is 4.98 Å². The first-order valence-electron chi connectivity index (χ1n) is 6.35. The molecule has 0 saturated heterocycles. The molecular weight excluding hydrogens is 238 g/mol. The van der Waals surface area contributed by atoms with Crippen molar-refractivity contribution in [2.24, 2.45) is 0 Å². The Morgan fingerprint density at radius 3 is 2.47 bits per heavy atom. The number of ether oxygens (including phenoxy) is 1. The molecule has 4 nitrogen and oxygen atoms in total. The standard InChI is InChI=1S/C15H19N3O/c1-9(2)14-8-11(4)17-15(18-14)19-12-5-6-13(16)10(3)7-12/h5-9H,16H2,1-4H3. The number of hydrogen-bond acceptors (Lipinski definition) is 4. The molecule has 0 spiro atoms. The number of anilines is 1. The normalized spacial score (nSPS) is 10.8. The third-order valence-electron chi connectivity index (χ3n) is 2.90. The Bertz CT molecular complexity index is 594. The molecule has 0 fully saturated rings. The van der Waals surface area contributed by atoms with E-state index in [1.54, 1.807) is 0 Å². The lowest BCUT2D eigenvalue weighted by atomic mass is 10.1. The fourth-order valence-electron chi connectivity index (χ4n) is 1.72. The van der Waals surface area contributed by atoms with Crippen molar-refractivity contribution >= 4 is 5.69 Å². The van der Waals surface area contributed by atoms with Gasteiger partial charge in [-0.3, -0.25) is 0 Å². The van der Waals surface area contributed by atoms with Crippen molar-refractivity contribution in [2.75, 3.05) is 5.73 Å². The van der Waals surface area contributed by atoms with Gasteiger partial charge in [0.15, 0.2) is 0 Å². The van der Waals surface area contributed by atoms with E-state index in [9.17, 15) is 0 Å². The third kappa shape index (κ3) is 3.22. The maximum atomic E-state index is 5.78. The van der Waals surface area contributed by atoms with Crippen molar-refractivity contribution in [2.45, 2.75) is 33.6 Å². The van der Waals surface area contributed by atoms with Gasteiger partial charge in [0.1, 0.15) is 5.75 Å². The lowest BCUT2D eigenvalue weighted by Gasteiger charge is -2.10. The van der Waals surface area contributed by atoms with Crippen LogP contribution in [0.3, 0.4) is 0 Å². The zero-order valence-electron chi connectivity index (χ0n) is 11.8. The van der Waals surface area contributed by atoms with Gasteiger partial charge in [0.25, 0.3) is 0 Å². The smallest absolute Gasteiger partial charge is 0.322 e. The molecular formula is C15H19N3O. The highest BCUT2D eigenvalue weighted by atomic mass is 16.5. The number of rotatable bonds is 3. The van der Waals surface area contributed by atoms with Gasteiger partial charge < -0.3 is 10.5 Å². The van der Waals surface area contributed by atoms with Crippen molar-refractivity contribution < 1.29 is 4.74 Å². The molecule has 0 aliphatic rings. The van der Waals surface area contributed by atoms with E-state index in [2.05, 4.69) is 23.8 Å². The summed E-state index contributed by atoms with van der Waals surface area (Å²) in [6.45, 7) is 8.07. The van der Waals surface area contributed by atoms with E-state index < -0.39 is 0 Å². The molecule has 19 heavy (non-hydrogen) atoms. The SMILES string of the molecule is Cc1cc(C(C)C)nc(Oc2ccc(N)c(C)c2)n1. The number of benzene rings is 1. The number of hydrogen-bond donors (Lipinski definition) is 1. The molecule has 0 unspecified atom stereocenters. The molecule has 0 aliphatic carbocycles. The summed E-state index contributed by atoms with van der Waals surface area (Å²) < 4.78 is 5.71. The van der Waals surface area contributed by atoms with Gasteiger partial charge in [-0.25, -0.2) is 4.98 Å². The van der Waals surface area contributed by atoms with Gasteiger partial charge in [-0.1, -0.05) is 13.8 Å². The molecule has 2 rings (SSSR count). The number of aryl methyl sites for hydroxylation is 2. The Morgan fingerprint density at radius 2 is 1.84 bits per heavy atom. The Labute approximate surface area is 113 Å². The average molecular weight is 257 g/mol. The van der Waals surface area contributed by atoms with Crippen molar-refractivity contribution in [1.82, 2.24) is 9.97 Å². The van der Waals surface area contributed by atoms with Crippen molar-refractivity contribution in [3.8, 4) is 11.8 Å². The fraction of sp³-hybridized carbons (Fsp3) is 0.333. The molecule has 2 N–H and O–H groups in total. The minimum absolute atomic E-state index is 0.345. The van der Waals surface area contributed by atoms with E-state index >= 15 is 0 Å². The molecule has 1 aromatic carbocycles. The molecule has 1 aromatic heterocycles. The molecule has 0 amide bonds. The van der Waals surface area contributed by atoms with Gasteiger partial charge >= 0.3 is 6.01 Å². The molecule has 0 radical (unpaired) electrons. The van der Waals surface area contributed by atoms with Crippen LogP contribution in [0.25, 0.3) is 0 Å². The zero-order valence-corrected chi connectivity index (χ0v) is 11.8. The van der Waals surface area contributed by atoms with Crippen LogP contribution in [-0.2, 0) is 0 Å². The largest absolute Gasteiger partial charge is 0.424 e. The molecule has 1 heterocycles. The highest BCUT2D eigenvalue weighted by molar-refractivity contribution is 5.49.